The van der Waals surface area contributed by atoms with Crippen molar-refractivity contribution >= 4 is 22.9 Å². The lowest BCUT2D eigenvalue weighted by Crippen LogP contribution is -2.57. The number of rotatable bonds is 3. The van der Waals surface area contributed by atoms with E-state index in [0.717, 1.165) is 0 Å². The van der Waals surface area contributed by atoms with Crippen molar-refractivity contribution < 1.29 is 15.1 Å². The lowest BCUT2D eigenvalue weighted by Gasteiger charge is -2.39. The first-order valence-corrected chi connectivity index (χ1v) is 3.79. The van der Waals surface area contributed by atoms with E-state index in [1.807, 2.05) is 0 Å². The molecule has 0 amide bonds. The first-order valence-electron chi connectivity index (χ1n) is 3.79. The molecular formula is C3H12B3N3O3. The fraction of sp³-hybridized carbons (Fsp3) is 1.00. The van der Waals surface area contributed by atoms with Crippen molar-refractivity contribution in [3.63, 3.8) is 0 Å². The highest BCUT2D eigenvalue weighted by molar-refractivity contribution is 6.25. The Balaban J connectivity index is 2.41. The second-order valence-electron chi connectivity index (χ2n) is 2.86. The topological polar surface area (TPSA) is 70.4 Å². The molecule has 0 saturated carbocycles. The molecule has 12 heavy (non-hydrogen) atoms. The maximum Gasteiger partial charge on any atom is 0.362 e. The second-order valence-corrected chi connectivity index (χ2v) is 2.86. The van der Waals surface area contributed by atoms with Gasteiger partial charge in [0.15, 0.2) is 0 Å². The zero-order valence-corrected chi connectivity index (χ0v) is 6.93. The molecule has 0 aromatic heterocycles. The Kier molecular flexibility index (Phi) is 4.06. The van der Waals surface area contributed by atoms with E-state index in [2.05, 4.69) is 0 Å². The zero-order chi connectivity index (χ0) is 8.97. The van der Waals surface area contributed by atoms with E-state index >= 15 is 0 Å². The van der Waals surface area contributed by atoms with Gasteiger partial charge in [-0.25, -0.2) is 0 Å². The molecule has 1 saturated heterocycles. The predicted octanol–water partition coefficient (Wildman–Crippen LogP) is -4.45. The first-order chi connectivity index (χ1) is 5.80. The summed E-state index contributed by atoms with van der Waals surface area (Å²) in [6.07, 6.45) is 0. The minimum Gasteiger partial charge on any atom is -0.440 e. The smallest absolute Gasteiger partial charge is 0.362 e. The Morgan fingerprint density at radius 1 is 0.667 bits per heavy atom. The summed E-state index contributed by atoms with van der Waals surface area (Å²) in [6.45, 7) is 1.59. The van der Waals surface area contributed by atoms with Crippen LogP contribution in [0.4, 0.5) is 0 Å². The van der Waals surface area contributed by atoms with Gasteiger partial charge in [-0.15, -0.1) is 0 Å². The normalized spacial score (nSPS) is 22.2. The van der Waals surface area contributed by atoms with E-state index in [-0.39, 0.29) is 22.9 Å². The molecule has 1 aliphatic heterocycles. The SMILES string of the molecule is OBN1CN(BO)CN(BO)C1. The van der Waals surface area contributed by atoms with Crippen LogP contribution in [0.25, 0.3) is 0 Å². The predicted molar refractivity (Wildman–Crippen MR) is 48.2 cm³/mol. The van der Waals surface area contributed by atoms with Crippen molar-refractivity contribution in [2.45, 2.75) is 0 Å². The van der Waals surface area contributed by atoms with E-state index in [4.69, 9.17) is 15.1 Å². The van der Waals surface area contributed by atoms with Crippen LogP contribution in [-0.2, 0) is 0 Å². The molecule has 0 aromatic carbocycles. The highest BCUT2D eigenvalue weighted by Gasteiger charge is 2.22. The summed E-state index contributed by atoms with van der Waals surface area (Å²) in [6, 6.07) is 0. The van der Waals surface area contributed by atoms with Crippen LogP contribution in [0.1, 0.15) is 0 Å². The monoisotopic (exact) mass is 171 g/mol. The molecule has 0 unspecified atom stereocenters. The molecule has 1 heterocycles. The van der Waals surface area contributed by atoms with E-state index in [0.29, 0.717) is 20.0 Å². The molecule has 0 radical (unpaired) electrons. The number of hydrogen-bond donors (Lipinski definition) is 3. The largest absolute Gasteiger partial charge is 0.440 e. The lowest BCUT2D eigenvalue weighted by atomic mass is 10.1. The van der Waals surface area contributed by atoms with Gasteiger partial charge >= 0.3 is 22.9 Å². The lowest BCUT2D eigenvalue weighted by molar-refractivity contribution is 0.0997. The summed E-state index contributed by atoms with van der Waals surface area (Å²) in [5, 5.41) is 26.5. The number of hydrogen-bond acceptors (Lipinski definition) is 6. The van der Waals surface area contributed by atoms with Crippen molar-refractivity contribution in [3.05, 3.63) is 0 Å². The maximum atomic E-state index is 8.83. The van der Waals surface area contributed by atoms with Crippen molar-refractivity contribution in [2.75, 3.05) is 20.0 Å². The molecule has 3 N–H and O–H groups in total. The van der Waals surface area contributed by atoms with Gasteiger partial charge in [-0.2, -0.15) is 0 Å². The van der Waals surface area contributed by atoms with Crippen molar-refractivity contribution in [3.8, 4) is 0 Å². The molecule has 0 aliphatic carbocycles. The summed E-state index contributed by atoms with van der Waals surface area (Å²) in [4.78, 5) is 5.11. The molecule has 1 aliphatic rings. The van der Waals surface area contributed by atoms with Crippen LogP contribution in [0.2, 0.25) is 0 Å². The third kappa shape index (κ3) is 2.48. The van der Waals surface area contributed by atoms with Crippen LogP contribution >= 0.6 is 0 Å². The van der Waals surface area contributed by atoms with E-state index < -0.39 is 0 Å². The summed E-state index contributed by atoms with van der Waals surface area (Å²) in [5.74, 6) is 0. The van der Waals surface area contributed by atoms with Gasteiger partial charge in [0, 0.05) is 20.0 Å². The Bertz CT molecular complexity index is 111. The first kappa shape index (κ1) is 10.0. The van der Waals surface area contributed by atoms with E-state index in [9.17, 15) is 0 Å². The Morgan fingerprint density at radius 2 is 0.917 bits per heavy atom. The molecule has 0 atom stereocenters. The molecule has 1 fully saturated rings. The Labute approximate surface area is 73.3 Å². The molecule has 1 rings (SSSR count). The fourth-order valence-electron chi connectivity index (χ4n) is 1.25. The highest BCUT2D eigenvalue weighted by atomic mass is 16.2. The molecule has 66 valence electrons. The van der Waals surface area contributed by atoms with Gasteiger partial charge in [-0.3, -0.25) is 14.4 Å². The van der Waals surface area contributed by atoms with Crippen LogP contribution in [-0.4, -0.2) is 72.4 Å². The van der Waals surface area contributed by atoms with Crippen LogP contribution < -0.4 is 0 Å². The quantitative estimate of drug-likeness (QED) is 0.372. The fourth-order valence-corrected chi connectivity index (χ4v) is 1.25. The Morgan fingerprint density at radius 3 is 1.08 bits per heavy atom. The third-order valence-corrected chi connectivity index (χ3v) is 1.80. The third-order valence-electron chi connectivity index (χ3n) is 1.80. The molecule has 9 heteroatoms. The summed E-state index contributed by atoms with van der Waals surface area (Å²) < 4.78 is 0. The van der Waals surface area contributed by atoms with Gasteiger partial charge in [0.25, 0.3) is 0 Å². The molecule has 0 spiro atoms. The van der Waals surface area contributed by atoms with Crippen LogP contribution in [0.15, 0.2) is 0 Å². The zero-order valence-electron chi connectivity index (χ0n) is 6.93. The van der Waals surface area contributed by atoms with Crippen LogP contribution in [0.3, 0.4) is 0 Å². The summed E-state index contributed by atoms with van der Waals surface area (Å²) in [7, 11) is -0.188. The second kappa shape index (κ2) is 4.85. The van der Waals surface area contributed by atoms with Gasteiger partial charge in [-0.1, -0.05) is 0 Å². The van der Waals surface area contributed by atoms with Gasteiger partial charge in [0.2, 0.25) is 0 Å². The van der Waals surface area contributed by atoms with Crippen LogP contribution in [0.5, 0.6) is 0 Å². The van der Waals surface area contributed by atoms with Crippen molar-refractivity contribution in [1.29, 1.82) is 0 Å². The van der Waals surface area contributed by atoms with Crippen LogP contribution in [0, 0.1) is 0 Å². The molecule has 0 aromatic rings. The average molecular weight is 171 g/mol. The molecule has 6 nitrogen and oxygen atoms in total. The standard InChI is InChI=1S/C3H12B3N3O3/c10-4-7-1-8(5-11)3-9(2-7)6-12/h4-6,10-12H,1-3H2. The molecular weight excluding hydrogens is 158 g/mol. The minimum atomic E-state index is -0.0625. The van der Waals surface area contributed by atoms with Gasteiger partial charge in [0.1, 0.15) is 0 Å². The summed E-state index contributed by atoms with van der Waals surface area (Å²) in [5.41, 5.74) is 0. The van der Waals surface area contributed by atoms with E-state index in [1.54, 1.807) is 14.4 Å². The average Bonchev–Trinajstić information content (AvgIpc) is 2.16. The maximum absolute atomic E-state index is 8.83. The van der Waals surface area contributed by atoms with E-state index in [1.165, 1.54) is 0 Å². The molecule has 0 bridgehead atoms. The van der Waals surface area contributed by atoms with Crippen molar-refractivity contribution in [2.24, 2.45) is 0 Å². The summed E-state index contributed by atoms with van der Waals surface area (Å²) >= 11 is 0. The van der Waals surface area contributed by atoms with Gasteiger partial charge < -0.3 is 15.1 Å². The Hall–Kier alpha value is -0.0452. The minimum absolute atomic E-state index is 0.0625. The highest BCUT2D eigenvalue weighted by Crippen LogP contribution is 2.01. The van der Waals surface area contributed by atoms with Gasteiger partial charge in [0.05, 0.1) is 0 Å². The van der Waals surface area contributed by atoms with Gasteiger partial charge in [-0.05, 0) is 0 Å². The number of nitrogens with zero attached hydrogens (tertiary/aromatic N) is 3. The van der Waals surface area contributed by atoms with Crippen molar-refractivity contribution in [1.82, 2.24) is 14.4 Å².